The molecule has 1 aliphatic rings. The van der Waals surface area contributed by atoms with Gasteiger partial charge in [-0.1, -0.05) is 18.2 Å². The molecule has 0 bridgehead atoms. The fourth-order valence-corrected chi connectivity index (χ4v) is 2.87. The van der Waals surface area contributed by atoms with Crippen molar-refractivity contribution >= 4 is 23.5 Å². The first-order chi connectivity index (χ1) is 12.3. The zero-order chi connectivity index (χ0) is 18.9. The predicted octanol–water partition coefficient (Wildman–Crippen LogP) is 2.03. The molecular formula is C19H21N5O2. The molecule has 0 spiro atoms. The molecule has 0 radical (unpaired) electrons. The summed E-state index contributed by atoms with van der Waals surface area (Å²) >= 11 is 0. The van der Waals surface area contributed by atoms with Crippen molar-refractivity contribution in [1.82, 2.24) is 9.88 Å². The maximum absolute atomic E-state index is 12.4. The number of amides is 2. The van der Waals surface area contributed by atoms with Gasteiger partial charge in [-0.2, -0.15) is 0 Å². The van der Waals surface area contributed by atoms with E-state index in [1.165, 1.54) is 4.90 Å². The monoisotopic (exact) mass is 351 g/mol. The van der Waals surface area contributed by atoms with Crippen LogP contribution in [0.1, 0.15) is 35.1 Å². The van der Waals surface area contributed by atoms with Crippen molar-refractivity contribution in [3.05, 3.63) is 59.4 Å². The number of aromatic nitrogens is 1. The molecule has 0 unspecified atom stereocenters. The second kappa shape index (κ2) is 6.59. The Morgan fingerprint density at radius 1 is 1.27 bits per heavy atom. The number of pyridine rings is 1. The van der Waals surface area contributed by atoms with Gasteiger partial charge in [-0.3, -0.25) is 14.5 Å². The third-order valence-electron chi connectivity index (χ3n) is 4.44. The number of nitrogens with zero attached hydrogens (tertiary/aromatic N) is 3. The molecule has 1 aromatic carbocycles. The van der Waals surface area contributed by atoms with Crippen LogP contribution in [-0.2, 0) is 10.3 Å². The quantitative estimate of drug-likeness (QED) is 0.883. The van der Waals surface area contributed by atoms with E-state index in [0.717, 1.165) is 11.3 Å². The van der Waals surface area contributed by atoms with E-state index in [1.54, 1.807) is 25.2 Å². The topological polar surface area (TPSA) is 101 Å². The van der Waals surface area contributed by atoms with Gasteiger partial charge in [-0.25, -0.2) is 9.98 Å². The number of hydrogen-bond donors (Lipinski definition) is 2. The summed E-state index contributed by atoms with van der Waals surface area (Å²) in [5.74, 6) is -0.209. The van der Waals surface area contributed by atoms with Crippen LogP contribution in [0.15, 0.2) is 47.5 Å². The molecule has 0 aliphatic carbocycles. The summed E-state index contributed by atoms with van der Waals surface area (Å²) in [6.45, 7) is 3.69. The van der Waals surface area contributed by atoms with Crippen molar-refractivity contribution in [2.45, 2.75) is 25.8 Å². The van der Waals surface area contributed by atoms with Crippen LogP contribution in [0.2, 0.25) is 0 Å². The molecule has 26 heavy (non-hydrogen) atoms. The summed E-state index contributed by atoms with van der Waals surface area (Å²) in [6, 6.07) is 12.6. The molecule has 0 saturated heterocycles. The Morgan fingerprint density at radius 2 is 2.00 bits per heavy atom. The molecule has 2 aromatic rings. The number of rotatable bonds is 3. The number of aryl methyl sites for hydroxylation is 1. The molecule has 1 aliphatic heterocycles. The fourth-order valence-electron chi connectivity index (χ4n) is 2.87. The number of hydrogen-bond acceptors (Lipinski definition) is 5. The van der Waals surface area contributed by atoms with Crippen LogP contribution in [-0.4, -0.2) is 34.7 Å². The fraction of sp³-hybridized carbons (Fsp3) is 0.263. The van der Waals surface area contributed by atoms with Gasteiger partial charge in [-0.05, 0) is 43.7 Å². The highest BCUT2D eigenvalue weighted by atomic mass is 16.2. The average molecular weight is 351 g/mol. The second-order valence-electron chi connectivity index (χ2n) is 6.57. The van der Waals surface area contributed by atoms with Gasteiger partial charge in [0.25, 0.3) is 5.91 Å². The lowest BCUT2D eigenvalue weighted by molar-refractivity contribution is -0.128. The largest absolute Gasteiger partial charge is 0.369 e. The lowest BCUT2D eigenvalue weighted by Gasteiger charge is -2.33. The number of benzene rings is 1. The van der Waals surface area contributed by atoms with Crippen molar-refractivity contribution in [2.24, 2.45) is 10.7 Å². The van der Waals surface area contributed by atoms with Gasteiger partial charge in [0.2, 0.25) is 5.91 Å². The number of guanidine groups is 1. The van der Waals surface area contributed by atoms with Crippen molar-refractivity contribution in [3.8, 4) is 0 Å². The maximum Gasteiger partial charge on any atom is 0.274 e. The third kappa shape index (κ3) is 3.42. The van der Waals surface area contributed by atoms with Gasteiger partial charge in [0.15, 0.2) is 5.96 Å². The first-order valence-electron chi connectivity index (χ1n) is 8.26. The number of carbonyl (C=O) groups is 2. The minimum Gasteiger partial charge on any atom is -0.369 e. The number of anilines is 1. The molecule has 3 N–H and O–H groups in total. The molecule has 0 saturated carbocycles. The van der Waals surface area contributed by atoms with Gasteiger partial charge in [0, 0.05) is 18.4 Å². The van der Waals surface area contributed by atoms with Crippen molar-refractivity contribution in [2.75, 3.05) is 12.4 Å². The van der Waals surface area contributed by atoms with E-state index >= 15 is 0 Å². The van der Waals surface area contributed by atoms with E-state index in [2.05, 4.69) is 15.3 Å². The van der Waals surface area contributed by atoms with Gasteiger partial charge < -0.3 is 11.1 Å². The minimum absolute atomic E-state index is 0.0987. The minimum atomic E-state index is -0.768. The first kappa shape index (κ1) is 17.6. The standard InChI is InChI=1S/C19H21N5O2/c1-12-6-4-9-15(21-12)17(26)22-14-8-5-7-13(10-14)19(2)11-16(25)24(3)18(20)23-19/h4-10H,11H2,1-3H3,(H2,20,23)(H,22,26)/t19-/m0/s1. The second-order valence-corrected chi connectivity index (χ2v) is 6.57. The Morgan fingerprint density at radius 3 is 2.69 bits per heavy atom. The Labute approximate surface area is 151 Å². The molecule has 0 fully saturated rings. The highest BCUT2D eigenvalue weighted by Gasteiger charge is 2.36. The van der Waals surface area contributed by atoms with Crippen LogP contribution in [0, 0.1) is 6.92 Å². The Hall–Kier alpha value is -3.22. The average Bonchev–Trinajstić information content (AvgIpc) is 2.60. The van der Waals surface area contributed by atoms with Crippen molar-refractivity contribution in [1.29, 1.82) is 0 Å². The molecular weight excluding hydrogens is 330 g/mol. The molecule has 3 rings (SSSR count). The zero-order valence-electron chi connectivity index (χ0n) is 15.0. The molecule has 7 nitrogen and oxygen atoms in total. The summed E-state index contributed by atoms with van der Waals surface area (Å²) in [6.07, 6.45) is 0.209. The highest BCUT2D eigenvalue weighted by molar-refractivity contribution is 6.03. The van der Waals surface area contributed by atoms with E-state index in [4.69, 9.17) is 5.73 Å². The van der Waals surface area contributed by atoms with E-state index in [-0.39, 0.29) is 24.2 Å². The molecule has 2 amide bonds. The van der Waals surface area contributed by atoms with Gasteiger partial charge >= 0.3 is 0 Å². The van der Waals surface area contributed by atoms with Crippen molar-refractivity contribution < 1.29 is 9.59 Å². The van der Waals surface area contributed by atoms with Crippen LogP contribution < -0.4 is 11.1 Å². The summed E-state index contributed by atoms with van der Waals surface area (Å²) in [4.78, 5) is 34.6. The molecule has 1 atom stereocenters. The number of aliphatic imine (C=N–C) groups is 1. The Balaban J connectivity index is 1.87. The molecule has 7 heteroatoms. The summed E-state index contributed by atoms with van der Waals surface area (Å²) in [5.41, 5.74) is 7.63. The van der Waals surface area contributed by atoms with E-state index < -0.39 is 5.54 Å². The SMILES string of the molecule is Cc1cccc(C(=O)Nc2cccc([C@]3(C)CC(=O)N(C)C(N)=N3)c2)n1. The number of carbonyl (C=O) groups excluding carboxylic acids is 2. The number of nitrogens with two attached hydrogens (primary N) is 1. The first-order valence-corrected chi connectivity index (χ1v) is 8.26. The van der Waals surface area contributed by atoms with Crippen molar-refractivity contribution in [3.63, 3.8) is 0 Å². The summed E-state index contributed by atoms with van der Waals surface area (Å²) in [5, 5.41) is 2.84. The van der Waals surface area contributed by atoms with E-state index in [9.17, 15) is 9.59 Å². The van der Waals surface area contributed by atoms with Gasteiger partial charge in [-0.15, -0.1) is 0 Å². The predicted molar refractivity (Wildman–Crippen MR) is 99.7 cm³/mol. The normalized spacial score (nSPS) is 19.9. The maximum atomic E-state index is 12.4. The zero-order valence-corrected chi connectivity index (χ0v) is 15.0. The Kier molecular flexibility index (Phi) is 4.46. The van der Waals surface area contributed by atoms with E-state index in [1.807, 2.05) is 38.1 Å². The summed E-state index contributed by atoms with van der Waals surface area (Å²) in [7, 11) is 1.60. The van der Waals surface area contributed by atoms with E-state index in [0.29, 0.717) is 11.4 Å². The van der Waals surface area contributed by atoms with Crippen LogP contribution in [0.3, 0.4) is 0 Å². The molecule has 2 heterocycles. The highest BCUT2D eigenvalue weighted by Crippen LogP contribution is 2.34. The van der Waals surface area contributed by atoms with Gasteiger partial charge in [0.05, 0.1) is 12.0 Å². The van der Waals surface area contributed by atoms with Crippen LogP contribution in [0.25, 0.3) is 0 Å². The van der Waals surface area contributed by atoms with Crippen LogP contribution >= 0.6 is 0 Å². The van der Waals surface area contributed by atoms with Crippen LogP contribution in [0.4, 0.5) is 5.69 Å². The lowest BCUT2D eigenvalue weighted by atomic mass is 9.87. The smallest absolute Gasteiger partial charge is 0.274 e. The lowest BCUT2D eigenvalue weighted by Crippen LogP contribution is -2.47. The molecule has 1 aromatic heterocycles. The number of nitrogens with one attached hydrogen (secondary N) is 1. The van der Waals surface area contributed by atoms with Crippen LogP contribution in [0.5, 0.6) is 0 Å². The van der Waals surface area contributed by atoms with Gasteiger partial charge in [0.1, 0.15) is 5.69 Å². The molecule has 134 valence electrons. The summed E-state index contributed by atoms with van der Waals surface area (Å²) < 4.78 is 0. The third-order valence-corrected chi connectivity index (χ3v) is 4.44. The Bertz CT molecular complexity index is 908.